The lowest BCUT2D eigenvalue weighted by atomic mass is 10.0. The molecule has 2 aromatic heterocycles. The zero-order valence-electron chi connectivity index (χ0n) is 33.9. The minimum atomic E-state index is -3.83. The molecule has 9 N–H and O–H groups in total. The normalized spacial score (nSPS) is 11.7. The van der Waals surface area contributed by atoms with Crippen molar-refractivity contribution in [3.05, 3.63) is 143 Å². The van der Waals surface area contributed by atoms with Gasteiger partial charge in [0.2, 0.25) is 20.0 Å². The van der Waals surface area contributed by atoms with Gasteiger partial charge in [0.1, 0.15) is 11.5 Å². The first kappa shape index (κ1) is 45.2. The molecule has 0 saturated carbocycles. The average Bonchev–Trinajstić information content (AvgIpc) is 3.21. The van der Waals surface area contributed by atoms with E-state index in [1.807, 2.05) is 30.3 Å². The van der Waals surface area contributed by atoms with Gasteiger partial charge in [-0.25, -0.2) is 26.7 Å². The number of pyridine rings is 2. The standard InChI is InChI=1S/C24H29N3O4S.C20H21N3O4S/c1-16-23(29)21(18(15-28)13-25-16)14-26-19-11-9-17(10-12-19)20-7-5-6-8-22(20)32(30,31)27-24(2,3)4;1-13-20(25)18(15(12-24)10-22-13)11-23-16-8-6-14(7-9-16)17-4-2-3-5-19(17)28(21,26)27/h5-13,26-29H,14-15H2,1-4H3;2-10,23-25H,11-12H2,1H3,(H2,21,26,27). The molecule has 0 aliphatic rings. The lowest BCUT2D eigenvalue weighted by Gasteiger charge is -2.21. The predicted molar refractivity (Wildman–Crippen MR) is 233 cm³/mol. The second kappa shape index (κ2) is 19.0. The van der Waals surface area contributed by atoms with Crippen molar-refractivity contribution >= 4 is 31.4 Å². The van der Waals surface area contributed by atoms with Gasteiger partial charge < -0.3 is 31.1 Å². The number of aliphatic hydroxyl groups excluding tert-OH is 2. The summed E-state index contributed by atoms with van der Waals surface area (Å²) in [6, 6.07) is 28.0. The highest BCUT2D eigenvalue weighted by atomic mass is 32.2. The zero-order valence-corrected chi connectivity index (χ0v) is 35.6. The Kier molecular flexibility index (Phi) is 14.3. The van der Waals surface area contributed by atoms with Gasteiger partial charge in [-0.05, 0) is 82.1 Å². The molecule has 316 valence electrons. The number of aliphatic hydroxyl groups is 2. The van der Waals surface area contributed by atoms with Gasteiger partial charge >= 0.3 is 0 Å². The third-order valence-electron chi connectivity index (χ3n) is 9.34. The number of aryl methyl sites for hydroxylation is 2. The molecule has 0 fully saturated rings. The van der Waals surface area contributed by atoms with Crippen molar-refractivity contribution in [3.8, 4) is 33.8 Å². The molecule has 0 atom stereocenters. The number of nitrogens with zero attached hydrogens (tertiary/aromatic N) is 2. The Morgan fingerprint density at radius 2 is 0.983 bits per heavy atom. The first-order valence-electron chi connectivity index (χ1n) is 18.8. The van der Waals surface area contributed by atoms with Crippen molar-refractivity contribution in [2.75, 3.05) is 10.6 Å². The van der Waals surface area contributed by atoms with Crippen molar-refractivity contribution < 1.29 is 37.3 Å². The van der Waals surface area contributed by atoms with Crippen LogP contribution >= 0.6 is 0 Å². The second-order valence-corrected chi connectivity index (χ2v) is 18.1. The molecule has 0 aliphatic heterocycles. The topological polar surface area (TPSA) is 237 Å². The molecule has 60 heavy (non-hydrogen) atoms. The Bertz CT molecular complexity index is 2670. The van der Waals surface area contributed by atoms with Crippen molar-refractivity contribution in [1.29, 1.82) is 0 Å². The Morgan fingerprint density at radius 1 is 0.600 bits per heavy atom. The Morgan fingerprint density at radius 3 is 1.37 bits per heavy atom. The number of rotatable bonds is 13. The summed E-state index contributed by atoms with van der Waals surface area (Å²) in [5.41, 5.74) is 6.86. The SMILES string of the molecule is Cc1ncc(CO)c(CNc2ccc(-c3ccccc3S(=O)(=O)NC(C)(C)C)cc2)c1O.Cc1ncc(CO)c(CNc2ccc(-c3ccccc3S(N)(=O)=O)cc2)c1O. The van der Waals surface area contributed by atoms with Crippen molar-refractivity contribution in [1.82, 2.24) is 14.7 Å². The van der Waals surface area contributed by atoms with Crippen LogP contribution in [-0.4, -0.2) is 52.8 Å². The molecule has 6 rings (SSSR count). The molecule has 0 saturated heterocycles. The van der Waals surface area contributed by atoms with Crippen molar-refractivity contribution in [2.45, 2.75) is 76.3 Å². The summed E-state index contributed by atoms with van der Waals surface area (Å²) < 4.78 is 52.1. The fraction of sp³-hybridized carbons (Fsp3) is 0.227. The summed E-state index contributed by atoms with van der Waals surface area (Å²) in [5.74, 6) is 0.115. The number of aromatic nitrogens is 2. The highest BCUT2D eigenvalue weighted by molar-refractivity contribution is 7.89. The molecule has 0 amide bonds. The van der Waals surface area contributed by atoms with E-state index < -0.39 is 25.6 Å². The molecule has 0 unspecified atom stereocenters. The smallest absolute Gasteiger partial charge is 0.241 e. The third-order valence-corrected chi connectivity index (χ3v) is 12.1. The first-order valence-corrected chi connectivity index (χ1v) is 21.8. The molecule has 0 spiro atoms. The number of benzene rings is 4. The molecule has 2 heterocycles. The van der Waals surface area contributed by atoms with Crippen molar-refractivity contribution in [3.63, 3.8) is 0 Å². The van der Waals surface area contributed by atoms with E-state index in [2.05, 4.69) is 25.3 Å². The summed E-state index contributed by atoms with van der Waals surface area (Å²) in [6.07, 6.45) is 3.09. The number of hydrogen-bond acceptors (Lipinski definition) is 12. The van der Waals surface area contributed by atoms with Gasteiger partial charge in [0.15, 0.2) is 0 Å². The monoisotopic (exact) mass is 854 g/mol. The van der Waals surface area contributed by atoms with Gasteiger partial charge in [0, 0.05) is 75.8 Å². The predicted octanol–water partition coefficient (Wildman–Crippen LogP) is 6.46. The van der Waals surface area contributed by atoms with Gasteiger partial charge in [-0.3, -0.25) is 9.97 Å². The minimum absolute atomic E-state index is 0.0535. The van der Waals surface area contributed by atoms with Gasteiger partial charge in [-0.15, -0.1) is 0 Å². The van der Waals surface area contributed by atoms with Crippen LogP contribution in [0.5, 0.6) is 11.5 Å². The van der Waals surface area contributed by atoms with Crippen LogP contribution < -0.4 is 20.5 Å². The number of aromatic hydroxyl groups is 2. The van der Waals surface area contributed by atoms with E-state index in [-0.39, 0.29) is 34.5 Å². The van der Waals surface area contributed by atoms with E-state index in [0.717, 1.165) is 16.9 Å². The largest absolute Gasteiger partial charge is 0.506 e. The lowest BCUT2D eigenvalue weighted by molar-refractivity contribution is 0.279. The quantitative estimate of drug-likeness (QED) is 0.0625. The van der Waals surface area contributed by atoms with Gasteiger partial charge in [-0.1, -0.05) is 60.7 Å². The van der Waals surface area contributed by atoms with E-state index in [1.165, 1.54) is 6.07 Å². The molecule has 0 radical (unpaired) electrons. The van der Waals surface area contributed by atoms with E-state index in [9.17, 15) is 37.3 Å². The molecular weight excluding hydrogens is 805 g/mol. The first-order chi connectivity index (χ1) is 28.3. The molecule has 0 aliphatic carbocycles. The maximum absolute atomic E-state index is 12.9. The maximum atomic E-state index is 12.9. The Hall–Kier alpha value is -5.88. The number of hydrogen-bond donors (Lipinski definition) is 8. The lowest BCUT2D eigenvalue weighted by Crippen LogP contribution is -2.40. The van der Waals surface area contributed by atoms with Crippen LogP contribution in [0.4, 0.5) is 11.4 Å². The van der Waals surface area contributed by atoms with E-state index in [1.54, 1.807) is 108 Å². The van der Waals surface area contributed by atoms with Crippen LogP contribution in [0.1, 0.15) is 54.4 Å². The van der Waals surface area contributed by atoms with Crippen LogP contribution in [0, 0.1) is 13.8 Å². The average molecular weight is 855 g/mol. The van der Waals surface area contributed by atoms with E-state index >= 15 is 0 Å². The summed E-state index contributed by atoms with van der Waals surface area (Å²) in [7, 11) is -7.52. The molecule has 16 heteroatoms. The van der Waals surface area contributed by atoms with Gasteiger partial charge in [0.25, 0.3) is 0 Å². The van der Waals surface area contributed by atoms with Crippen LogP contribution in [-0.2, 0) is 46.3 Å². The van der Waals surface area contributed by atoms with Crippen LogP contribution in [0.3, 0.4) is 0 Å². The van der Waals surface area contributed by atoms with Crippen molar-refractivity contribution in [2.24, 2.45) is 5.14 Å². The van der Waals surface area contributed by atoms with Crippen LogP contribution in [0.15, 0.2) is 119 Å². The van der Waals surface area contributed by atoms with E-state index in [4.69, 9.17) is 5.14 Å². The number of nitrogens with two attached hydrogens (primary N) is 1. The summed E-state index contributed by atoms with van der Waals surface area (Å²) in [6.45, 7) is 8.98. The summed E-state index contributed by atoms with van der Waals surface area (Å²) >= 11 is 0. The highest BCUT2D eigenvalue weighted by Crippen LogP contribution is 2.31. The number of primary sulfonamides is 1. The van der Waals surface area contributed by atoms with E-state index in [0.29, 0.717) is 63.4 Å². The molecule has 6 aromatic rings. The fourth-order valence-electron chi connectivity index (χ4n) is 6.30. The molecular formula is C44H50N6O8S2. The minimum Gasteiger partial charge on any atom is -0.506 e. The third kappa shape index (κ3) is 11.2. The van der Waals surface area contributed by atoms with Gasteiger partial charge in [0.05, 0.1) is 34.4 Å². The number of sulfonamides is 2. The van der Waals surface area contributed by atoms with Gasteiger partial charge in [-0.2, -0.15) is 0 Å². The number of anilines is 2. The molecule has 0 bridgehead atoms. The molecule has 4 aromatic carbocycles. The summed E-state index contributed by atoms with van der Waals surface area (Å²) in [5, 5.41) is 51.2. The Balaban J connectivity index is 0.000000230. The zero-order chi connectivity index (χ0) is 43.8. The highest BCUT2D eigenvalue weighted by Gasteiger charge is 2.25. The van der Waals surface area contributed by atoms with Crippen LogP contribution in [0.2, 0.25) is 0 Å². The summed E-state index contributed by atoms with van der Waals surface area (Å²) in [4.78, 5) is 8.40. The Labute approximate surface area is 350 Å². The molecule has 14 nitrogen and oxygen atoms in total. The van der Waals surface area contributed by atoms with Crippen LogP contribution in [0.25, 0.3) is 22.3 Å². The number of nitrogens with one attached hydrogen (secondary N) is 3. The maximum Gasteiger partial charge on any atom is 0.241 e. The second-order valence-electron chi connectivity index (χ2n) is 15.0. The fourth-order valence-corrected chi connectivity index (χ4v) is 8.71.